The maximum Gasteiger partial charge on any atom is 0.320 e. The summed E-state index contributed by atoms with van der Waals surface area (Å²) in [4.78, 5) is 19.6. The average Bonchev–Trinajstić information content (AvgIpc) is 2.18. The molecule has 88 valence electrons. The molecule has 0 saturated carbocycles. The number of rotatable bonds is 6. The number of carbonyl (C=O) groups excluding carboxylic acids is 1. The lowest BCUT2D eigenvalue weighted by Gasteiger charge is -2.03. The summed E-state index contributed by atoms with van der Waals surface area (Å²) in [5.74, 6) is -0.933. The quantitative estimate of drug-likeness (QED) is 0.353. The van der Waals surface area contributed by atoms with Crippen LogP contribution in [-0.4, -0.2) is 28.9 Å². The van der Waals surface area contributed by atoms with Gasteiger partial charge >= 0.3 is 5.97 Å². The molecule has 1 unspecified atom stereocenters. The fourth-order valence-corrected chi connectivity index (χ4v) is 0.632. The first-order chi connectivity index (χ1) is 6.95. The van der Waals surface area contributed by atoms with Crippen LogP contribution < -0.4 is 11.5 Å². The summed E-state index contributed by atoms with van der Waals surface area (Å²) >= 11 is 4.71. The largest absolute Gasteiger partial charge is 0.480 e. The van der Waals surface area contributed by atoms with Crippen LogP contribution in [0.25, 0.3) is 0 Å². The zero-order valence-electron chi connectivity index (χ0n) is 8.49. The number of allylic oxidation sites excluding steroid dienone is 1. The van der Waals surface area contributed by atoms with Gasteiger partial charge in [-0.25, -0.2) is 0 Å². The van der Waals surface area contributed by atoms with Gasteiger partial charge in [-0.05, 0) is 37.1 Å². The molecule has 0 radical (unpaired) electrons. The standard InChI is InChI=1S/C6H14N2O2.C3H3ClO/c7-4-2-1-3-5(8)6(9)10;1-2-3(4)5/h5H,1-4,7-8H2,(H,9,10);2H,1H2. The van der Waals surface area contributed by atoms with E-state index in [4.69, 9.17) is 28.2 Å². The molecular weight excluding hydrogens is 220 g/mol. The lowest BCUT2D eigenvalue weighted by molar-refractivity contribution is -0.138. The topological polar surface area (TPSA) is 106 Å². The lowest BCUT2D eigenvalue weighted by atomic mass is 10.1. The molecule has 0 aliphatic carbocycles. The van der Waals surface area contributed by atoms with Gasteiger partial charge < -0.3 is 16.6 Å². The van der Waals surface area contributed by atoms with E-state index in [-0.39, 0.29) is 0 Å². The van der Waals surface area contributed by atoms with Crippen LogP contribution in [0, 0.1) is 0 Å². The molecule has 5 nitrogen and oxygen atoms in total. The molecule has 5 N–H and O–H groups in total. The SMILES string of the molecule is C=CC(=O)Cl.NCCCCC(N)C(=O)O. The Bertz CT molecular complexity index is 210. The van der Waals surface area contributed by atoms with Crippen LogP contribution in [0.15, 0.2) is 12.7 Å². The first-order valence-corrected chi connectivity index (χ1v) is 4.83. The first-order valence-electron chi connectivity index (χ1n) is 4.46. The molecule has 0 saturated heterocycles. The predicted molar refractivity (Wildman–Crippen MR) is 59.6 cm³/mol. The van der Waals surface area contributed by atoms with Gasteiger partial charge in [0.15, 0.2) is 0 Å². The van der Waals surface area contributed by atoms with Crippen molar-refractivity contribution >= 4 is 22.8 Å². The summed E-state index contributed by atoms with van der Waals surface area (Å²) in [6.07, 6.45) is 3.21. The van der Waals surface area contributed by atoms with Crippen molar-refractivity contribution in [1.82, 2.24) is 0 Å². The highest BCUT2D eigenvalue weighted by atomic mass is 35.5. The van der Waals surface area contributed by atoms with Crippen molar-refractivity contribution < 1.29 is 14.7 Å². The van der Waals surface area contributed by atoms with Crippen LogP contribution in [0.1, 0.15) is 19.3 Å². The molecule has 0 fully saturated rings. The lowest BCUT2D eigenvalue weighted by Crippen LogP contribution is -2.29. The molecule has 0 aliphatic heterocycles. The fourth-order valence-electron chi connectivity index (χ4n) is 0.632. The Hall–Kier alpha value is -0.910. The van der Waals surface area contributed by atoms with Gasteiger partial charge in [0.25, 0.3) is 0 Å². The third-order valence-corrected chi connectivity index (χ3v) is 1.60. The van der Waals surface area contributed by atoms with Gasteiger partial charge in [0.1, 0.15) is 6.04 Å². The number of carboxylic acids is 1. The number of hydrogen-bond acceptors (Lipinski definition) is 4. The zero-order valence-corrected chi connectivity index (χ0v) is 9.24. The highest BCUT2D eigenvalue weighted by Crippen LogP contribution is 1.96. The number of nitrogens with two attached hydrogens (primary N) is 2. The molecule has 0 bridgehead atoms. The van der Waals surface area contributed by atoms with Crippen molar-refractivity contribution in [3.8, 4) is 0 Å². The Morgan fingerprint density at radius 3 is 2.20 bits per heavy atom. The molecule has 0 spiro atoms. The second-order valence-electron chi connectivity index (χ2n) is 2.74. The van der Waals surface area contributed by atoms with Crippen LogP contribution in [-0.2, 0) is 9.59 Å². The van der Waals surface area contributed by atoms with Crippen LogP contribution in [0.3, 0.4) is 0 Å². The van der Waals surface area contributed by atoms with E-state index < -0.39 is 17.3 Å². The monoisotopic (exact) mass is 236 g/mol. The van der Waals surface area contributed by atoms with Crippen molar-refractivity contribution in [1.29, 1.82) is 0 Å². The van der Waals surface area contributed by atoms with Gasteiger partial charge in [-0.1, -0.05) is 13.0 Å². The van der Waals surface area contributed by atoms with Crippen LogP contribution >= 0.6 is 11.6 Å². The van der Waals surface area contributed by atoms with Gasteiger partial charge in [0, 0.05) is 0 Å². The molecule has 6 heteroatoms. The molecule has 0 amide bonds. The molecule has 15 heavy (non-hydrogen) atoms. The van der Waals surface area contributed by atoms with Crippen molar-refractivity contribution in [2.45, 2.75) is 25.3 Å². The molecular formula is C9H17ClN2O3. The third-order valence-electron chi connectivity index (χ3n) is 1.45. The second kappa shape index (κ2) is 11.2. The zero-order chi connectivity index (χ0) is 12.3. The predicted octanol–water partition coefficient (Wildman–Crippen LogP) is 0.465. The van der Waals surface area contributed by atoms with Crippen LogP contribution in [0.4, 0.5) is 0 Å². The first kappa shape index (κ1) is 16.5. The summed E-state index contributed by atoms with van der Waals surface area (Å²) in [5.41, 5.74) is 10.4. The van der Waals surface area contributed by atoms with E-state index in [1.165, 1.54) is 0 Å². The van der Waals surface area contributed by atoms with E-state index in [0.29, 0.717) is 13.0 Å². The minimum absolute atomic E-state index is 0.509. The molecule has 1 atom stereocenters. The fraction of sp³-hybridized carbons (Fsp3) is 0.556. The van der Waals surface area contributed by atoms with Crippen molar-refractivity contribution in [3.05, 3.63) is 12.7 Å². The third kappa shape index (κ3) is 15.8. The van der Waals surface area contributed by atoms with E-state index in [9.17, 15) is 9.59 Å². The summed E-state index contributed by atoms with van der Waals surface area (Å²) in [5, 5.41) is 7.82. The summed E-state index contributed by atoms with van der Waals surface area (Å²) < 4.78 is 0. The second-order valence-corrected chi connectivity index (χ2v) is 3.11. The van der Waals surface area contributed by atoms with Crippen LogP contribution in [0.2, 0.25) is 0 Å². The number of hydrogen-bond donors (Lipinski definition) is 3. The van der Waals surface area contributed by atoms with Gasteiger partial charge in [-0.2, -0.15) is 0 Å². The van der Waals surface area contributed by atoms with Crippen molar-refractivity contribution in [2.24, 2.45) is 11.5 Å². The molecule has 0 aromatic rings. The van der Waals surface area contributed by atoms with Gasteiger partial charge in [-0.15, -0.1) is 0 Å². The smallest absolute Gasteiger partial charge is 0.320 e. The molecule has 0 aliphatic rings. The molecule has 0 aromatic carbocycles. The Morgan fingerprint density at radius 1 is 1.47 bits per heavy atom. The Kier molecular flexibility index (Phi) is 12.3. The minimum Gasteiger partial charge on any atom is -0.480 e. The normalized spacial score (nSPS) is 10.9. The minimum atomic E-state index is -0.933. The number of carbonyl (C=O) groups is 2. The summed E-state index contributed by atoms with van der Waals surface area (Å²) in [6, 6.07) is -0.716. The Morgan fingerprint density at radius 2 is 1.93 bits per heavy atom. The molecule has 0 aromatic heterocycles. The van der Waals surface area contributed by atoms with Crippen molar-refractivity contribution in [3.63, 3.8) is 0 Å². The van der Waals surface area contributed by atoms with Crippen molar-refractivity contribution in [2.75, 3.05) is 6.54 Å². The summed E-state index contributed by atoms with van der Waals surface area (Å²) in [7, 11) is 0. The maximum absolute atomic E-state index is 10.1. The van der Waals surface area contributed by atoms with Crippen LogP contribution in [0.5, 0.6) is 0 Å². The van der Waals surface area contributed by atoms with E-state index in [1.54, 1.807) is 0 Å². The van der Waals surface area contributed by atoms with Gasteiger partial charge in [-0.3, -0.25) is 9.59 Å². The number of halogens is 1. The Balaban J connectivity index is 0. The number of carboxylic acid groups (broad SMARTS) is 1. The molecule has 0 rings (SSSR count). The van der Waals surface area contributed by atoms with Gasteiger partial charge in [0.05, 0.1) is 0 Å². The van der Waals surface area contributed by atoms with E-state index >= 15 is 0 Å². The Labute approximate surface area is 94.1 Å². The van der Waals surface area contributed by atoms with Gasteiger partial charge in [0.2, 0.25) is 5.24 Å². The van der Waals surface area contributed by atoms with E-state index in [0.717, 1.165) is 18.9 Å². The average molecular weight is 237 g/mol. The van der Waals surface area contributed by atoms with E-state index in [1.807, 2.05) is 0 Å². The number of unbranched alkanes of at least 4 members (excludes halogenated alkanes) is 1. The highest BCUT2D eigenvalue weighted by Gasteiger charge is 2.09. The summed E-state index contributed by atoms with van der Waals surface area (Å²) in [6.45, 7) is 3.68. The molecule has 0 heterocycles. The highest BCUT2D eigenvalue weighted by molar-refractivity contribution is 6.66. The number of aliphatic carboxylic acids is 1. The maximum atomic E-state index is 10.1. The van der Waals surface area contributed by atoms with E-state index in [2.05, 4.69) is 6.58 Å².